The lowest BCUT2D eigenvalue weighted by Gasteiger charge is -2.35. The summed E-state index contributed by atoms with van der Waals surface area (Å²) in [7, 11) is -3.12. The molecule has 2 heterocycles. The summed E-state index contributed by atoms with van der Waals surface area (Å²) in [6.07, 6.45) is 6.19. The molecular formula is C16H33N3O3S. The van der Waals surface area contributed by atoms with Crippen LogP contribution in [0, 0.1) is 0 Å². The van der Waals surface area contributed by atoms with E-state index in [0.717, 1.165) is 64.8 Å². The number of likely N-dealkylation sites (tertiary alicyclic amines) is 1. The number of nitrogens with one attached hydrogen (secondary N) is 2. The van der Waals surface area contributed by atoms with Crippen LogP contribution in [0.15, 0.2) is 0 Å². The molecule has 23 heavy (non-hydrogen) atoms. The molecule has 0 saturated carbocycles. The predicted molar refractivity (Wildman–Crippen MR) is 93.1 cm³/mol. The van der Waals surface area contributed by atoms with Crippen LogP contribution in [0.4, 0.5) is 0 Å². The molecule has 0 amide bonds. The van der Waals surface area contributed by atoms with Crippen molar-refractivity contribution in [1.29, 1.82) is 0 Å². The average Bonchev–Trinajstić information content (AvgIpc) is 2.54. The van der Waals surface area contributed by atoms with E-state index in [1.54, 1.807) is 13.8 Å². The van der Waals surface area contributed by atoms with E-state index in [-0.39, 0.29) is 5.25 Å². The van der Waals surface area contributed by atoms with Gasteiger partial charge in [0.15, 0.2) is 0 Å². The quantitative estimate of drug-likeness (QED) is 0.640. The normalized spacial score (nSPS) is 22.7. The number of ether oxygens (including phenoxy) is 1. The Morgan fingerprint density at radius 2 is 1.74 bits per heavy atom. The van der Waals surface area contributed by atoms with E-state index < -0.39 is 10.0 Å². The average molecular weight is 348 g/mol. The molecule has 0 aliphatic carbocycles. The zero-order valence-corrected chi connectivity index (χ0v) is 15.4. The number of hydrogen-bond donors (Lipinski definition) is 2. The fourth-order valence-corrected chi connectivity index (χ4v) is 3.92. The van der Waals surface area contributed by atoms with Crippen LogP contribution in [0.1, 0.15) is 46.0 Å². The van der Waals surface area contributed by atoms with Crippen LogP contribution in [-0.4, -0.2) is 70.0 Å². The molecule has 0 aromatic rings. The smallest absolute Gasteiger partial charge is 0.213 e. The Labute approximate surface area is 141 Å². The van der Waals surface area contributed by atoms with Crippen molar-refractivity contribution in [2.45, 2.75) is 63.4 Å². The van der Waals surface area contributed by atoms with Crippen molar-refractivity contribution in [3.63, 3.8) is 0 Å². The Kier molecular flexibility index (Phi) is 7.75. The lowest BCUT2D eigenvalue weighted by Crippen LogP contribution is -2.41. The summed E-state index contributed by atoms with van der Waals surface area (Å²) >= 11 is 0. The summed E-state index contributed by atoms with van der Waals surface area (Å²) < 4.78 is 32.2. The molecule has 7 heteroatoms. The molecule has 0 spiro atoms. The third kappa shape index (κ3) is 6.66. The van der Waals surface area contributed by atoms with Gasteiger partial charge in [-0.3, -0.25) is 0 Å². The SMILES string of the molecule is CC(C)S(=O)(=O)NCCCN1CCC(OC2CCNCC2)CC1. The minimum absolute atomic E-state index is 0.356. The van der Waals surface area contributed by atoms with Gasteiger partial charge in [0, 0.05) is 19.6 Å². The molecule has 2 aliphatic heterocycles. The Morgan fingerprint density at radius 1 is 1.13 bits per heavy atom. The standard InChI is InChI=1S/C16H33N3O3S/c1-14(2)23(20,21)18-8-3-11-19-12-6-16(7-13-19)22-15-4-9-17-10-5-15/h14-18H,3-13H2,1-2H3. The molecular weight excluding hydrogens is 314 g/mol. The summed E-state index contributed by atoms with van der Waals surface area (Å²) in [5, 5.41) is 3.01. The summed E-state index contributed by atoms with van der Waals surface area (Å²) in [5.74, 6) is 0. The van der Waals surface area contributed by atoms with Gasteiger partial charge in [0.25, 0.3) is 0 Å². The minimum Gasteiger partial charge on any atom is -0.375 e. The number of hydrogen-bond acceptors (Lipinski definition) is 5. The highest BCUT2D eigenvalue weighted by atomic mass is 32.2. The molecule has 2 aliphatic rings. The van der Waals surface area contributed by atoms with Gasteiger partial charge < -0.3 is 15.0 Å². The van der Waals surface area contributed by atoms with E-state index in [0.29, 0.717) is 18.8 Å². The highest BCUT2D eigenvalue weighted by Gasteiger charge is 2.23. The Hall–Kier alpha value is -0.210. The van der Waals surface area contributed by atoms with E-state index in [4.69, 9.17) is 4.74 Å². The van der Waals surface area contributed by atoms with E-state index in [1.165, 1.54) is 0 Å². The van der Waals surface area contributed by atoms with Gasteiger partial charge in [0.1, 0.15) is 0 Å². The number of rotatable bonds is 8. The fraction of sp³-hybridized carbons (Fsp3) is 1.00. The van der Waals surface area contributed by atoms with Crippen molar-refractivity contribution in [1.82, 2.24) is 14.9 Å². The van der Waals surface area contributed by atoms with Crippen LogP contribution in [0.25, 0.3) is 0 Å². The van der Waals surface area contributed by atoms with E-state index in [1.807, 2.05) is 0 Å². The summed E-state index contributed by atoms with van der Waals surface area (Å²) in [5.41, 5.74) is 0. The van der Waals surface area contributed by atoms with E-state index >= 15 is 0 Å². The molecule has 0 aromatic carbocycles. The lowest BCUT2D eigenvalue weighted by atomic mass is 10.1. The monoisotopic (exact) mass is 347 g/mol. The second kappa shape index (κ2) is 9.32. The molecule has 2 rings (SSSR count). The van der Waals surface area contributed by atoms with Crippen LogP contribution in [0.2, 0.25) is 0 Å². The molecule has 6 nitrogen and oxygen atoms in total. The maximum absolute atomic E-state index is 11.7. The number of nitrogens with zero attached hydrogens (tertiary/aromatic N) is 1. The van der Waals surface area contributed by atoms with Gasteiger partial charge in [-0.2, -0.15) is 0 Å². The fourth-order valence-electron chi connectivity index (χ4n) is 3.16. The van der Waals surface area contributed by atoms with Gasteiger partial charge in [0.05, 0.1) is 17.5 Å². The maximum atomic E-state index is 11.7. The van der Waals surface area contributed by atoms with Crippen molar-refractivity contribution in [3.8, 4) is 0 Å². The molecule has 0 bridgehead atoms. The number of piperidine rings is 2. The third-order valence-electron chi connectivity index (χ3n) is 4.78. The van der Waals surface area contributed by atoms with Gasteiger partial charge in [-0.15, -0.1) is 0 Å². The molecule has 2 saturated heterocycles. The van der Waals surface area contributed by atoms with Crippen molar-refractivity contribution in [2.75, 3.05) is 39.3 Å². The van der Waals surface area contributed by atoms with Crippen molar-refractivity contribution < 1.29 is 13.2 Å². The zero-order valence-electron chi connectivity index (χ0n) is 14.6. The molecule has 136 valence electrons. The molecule has 0 aromatic heterocycles. The second-order valence-electron chi connectivity index (χ2n) is 6.97. The van der Waals surface area contributed by atoms with Gasteiger partial charge in [-0.25, -0.2) is 13.1 Å². The molecule has 0 atom stereocenters. The van der Waals surface area contributed by atoms with Gasteiger partial charge >= 0.3 is 0 Å². The first-order chi connectivity index (χ1) is 11.0. The first kappa shape index (κ1) is 19.1. The van der Waals surface area contributed by atoms with Gasteiger partial charge in [-0.1, -0.05) is 0 Å². The highest BCUT2D eigenvalue weighted by Crippen LogP contribution is 2.19. The van der Waals surface area contributed by atoms with Gasteiger partial charge in [-0.05, 0) is 65.6 Å². The summed E-state index contributed by atoms with van der Waals surface area (Å²) in [6, 6.07) is 0. The van der Waals surface area contributed by atoms with Crippen molar-refractivity contribution >= 4 is 10.0 Å². The molecule has 0 radical (unpaired) electrons. The van der Waals surface area contributed by atoms with Crippen LogP contribution >= 0.6 is 0 Å². The highest BCUT2D eigenvalue weighted by molar-refractivity contribution is 7.90. The molecule has 2 N–H and O–H groups in total. The second-order valence-corrected chi connectivity index (χ2v) is 9.29. The van der Waals surface area contributed by atoms with Crippen molar-refractivity contribution in [2.24, 2.45) is 0 Å². The summed E-state index contributed by atoms with van der Waals surface area (Å²) in [4.78, 5) is 2.42. The molecule has 0 unspecified atom stereocenters. The van der Waals surface area contributed by atoms with Gasteiger partial charge in [0.2, 0.25) is 10.0 Å². The maximum Gasteiger partial charge on any atom is 0.213 e. The first-order valence-corrected chi connectivity index (χ1v) is 10.6. The van der Waals surface area contributed by atoms with Crippen LogP contribution < -0.4 is 10.0 Å². The summed E-state index contributed by atoms with van der Waals surface area (Å²) in [6.45, 7) is 9.18. The van der Waals surface area contributed by atoms with E-state index in [9.17, 15) is 8.42 Å². The van der Waals surface area contributed by atoms with Crippen LogP contribution in [0.5, 0.6) is 0 Å². The zero-order chi connectivity index (χ0) is 16.7. The first-order valence-electron chi connectivity index (χ1n) is 9.04. The predicted octanol–water partition coefficient (Wildman–Crippen LogP) is 0.937. The topological polar surface area (TPSA) is 70.7 Å². The lowest BCUT2D eigenvalue weighted by molar-refractivity contribution is -0.0530. The third-order valence-corrected chi connectivity index (χ3v) is 6.63. The van der Waals surface area contributed by atoms with Crippen LogP contribution in [0.3, 0.4) is 0 Å². The Balaban J connectivity index is 1.56. The van der Waals surface area contributed by atoms with Crippen LogP contribution in [-0.2, 0) is 14.8 Å². The minimum atomic E-state index is -3.12. The Morgan fingerprint density at radius 3 is 2.35 bits per heavy atom. The molecule has 2 fully saturated rings. The number of sulfonamides is 1. The largest absolute Gasteiger partial charge is 0.375 e. The Bertz CT molecular complexity index is 428. The van der Waals surface area contributed by atoms with E-state index in [2.05, 4.69) is 14.9 Å². The van der Waals surface area contributed by atoms with Crippen molar-refractivity contribution in [3.05, 3.63) is 0 Å².